The van der Waals surface area contributed by atoms with Crippen molar-refractivity contribution in [3.8, 4) is 11.5 Å². The number of nitro benzene ring substituents is 2. The third kappa shape index (κ3) is 5.90. The molecule has 0 atom stereocenters. The molecule has 13 heteroatoms. The number of benzene rings is 3. The van der Waals surface area contributed by atoms with Gasteiger partial charge in [-0.2, -0.15) is 0 Å². The maximum absolute atomic E-state index is 12.4. The molecule has 0 saturated heterocycles. The Bertz CT molecular complexity index is 1520. The first kappa shape index (κ1) is 26.6. The maximum atomic E-state index is 12.4. The van der Waals surface area contributed by atoms with Crippen LogP contribution in [0.15, 0.2) is 65.3 Å². The van der Waals surface area contributed by atoms with Gasteiger partial charge in [-0.3, -0.25) is 20.2 Å². The van der Waals surface area contributed by atoms with E-state index in [1.807, 2.05) is 0 Å². The summed E-state index contributed by atoms with van der Waals surface area (Å²) < 4.78 is 16.7. The molecule has 1 aliphatic heterocycles. The van der Waals surface area contributed by atoms with Gasteiger partial charge in [-0.1, -0.05) is 35.3 Å². The number of cyclic esters (lactones) is 1. The van der Waals surface area contributed by atoms with Crippen molar-refractivity contribution in [2.45, 2.75) is 13.5 Å². The van der Waals surface area contributed by atoms with Crippen LogP contribution in [0.25, 0.3) is 6.08 Å². The molecule has 0 saturated carbocycles. The molecule has 0 bridgehead atoms. The molecule has 38 heavy (non-hydrogen) atoms. The van der Waals surface area contributed by atoms with Gasteiger partial charge in [-0.25, -0.2) is 9.79 Å². The van der Waals surface area contributed by atoms with Gasteiger partial charge in [0.15, 0.2) is 17.2 Å². The second-order valence-corrected chi connectivity index (χ2v) is 8.55. The van der Waals surface area contributed by atoms with Gasteiger partial charge < -0.3 is 14.2 Å². The van der Waals surface area contributed by atoms with Crippen LogP contribution in [0.1, 0.15) is 23.6 Å². The van der Waals surface area contributed by atoms with Crippen LogP contribution in [0.2, 0.25) is 10.0 Å². The molecule has 4 rings (SSSR count). The highest BCUT2D eigenvalue weighted by molar-refractivity contribution is 6.33. The van der Waals surface area contributed by atoms with Gasteiger partial charge in [-0.15, -0.1) is 0 Å². The van der Waals surface area contributed by atoms with Crippen LogP contribution in [0, 0.1) is 20.2 Å². The van der Waals surface area contributed by atoms with Crippen molar-refractivity contribution >= 4 is 52.5 Å². The van der Waals surface area contributed by atoms with Gasteiger partial charge in [-0.05, 0) is 48.4 Å². The summed E-state index contributed by atoms with van der Waals surface area (Å²) in [6, 6.07) is 13.0. The number of hydrogen-bond donors (Lipinski definition) is 0. The molecule has 194 valence electrons. The lowest BCUT2D eigenvalue weighted by Crippen LogP contribution is -2.06. The maximum Gasteiger partial charge on any atom is 0.363 e. The Morgan fingerprint density at radius 1 is 1.00 bits per heavy atom. The van der Waals surface area contributed by atoms with Crippen molar-refractivity contribution in [2.24, 2.45) is 4.99 Å². The van der Waals surface area contributed by atoms with Crippen LogP contribution in [-0.4, -0.2) is 28.3 Å². The summed E-state index contributed by atoms with van der Waals surface area (Å²) in [6.07, 6.45) is 1.42. The van der Waals surface area contributed by atoms with Gasteiger partial charge in [0, 0.05) is 23.8 Å². The van der Waals surface area contributed by atoms with Crippen molar-refractivity contribution in [1.82, 2.24) is 0 Å². The average molecular weight is 558 g/mol. The SMILES string of the molecule is CCOc1cc(/C=C2\N=C(c3ccc(Cl)c([N+](=O)[O-])c3)OC2=O)cc(Cl)c1OCc1cccc([N+](=O)[O-])c1. The third-order valence-electron chi connectivity index (χ3n) is 5.15. The first-order valence-corrected chi connectivity index (χ1v) is 11.7. The lowest BCUT2D eigenvalue weighted by Gasteiger charge is -2.14. The number of nitrogens with zero attached hydrogens (tertiary/aromatic N) is 3. The number of esters is 1. The number of ether oxygens (including phenoxy) is 3. The number of aliphatic imine (C=N–C) groups is 1. The second kappa shape index (κ2) is 11.3. The quantitative estimate of drug-likeness (QED) is 0.132. The summed E-state index contributed by atoms with van der Waals surface area (Å²) >= 11 is 12.3. The number of nitro groups is 2. The van der Waals surface area contributed by atoms with Gasteiger partial charge in [0.1, 0.15) is 11.6 Å². The van der Waals surface area contributed by atoms with E-state index in [0.717, 1.165) is 6.07 Å². The fraction of sp³-hybridized carbons (Fsp3) is 0.120. The van der Waals surface area contributed by atoms with E-state index in [1.54, 1.807) is 25.1 Å². The van der Waals surface area contributed by atoms with E-state index in [-0.39, 0.29) is 63.3 Å². The molecule has 3 aromatic carbocycles. The molecule has 3 aromatic rings. The van der Waals surface area contributed by atoms with Crippen LogP contribution >= 0.6 is 23.2 Å². The van der Waals surface area contributed by atoms with Crippen LogP contribution in [0.4, 0.5) is 11.4 Å². The third-order valence-corrected chi connectivity index (χ3v) is 5.75. The van der Waals surface area contributed by atoms with Crippen molar-refractivity contribution in [2.75, 3.05) is 6.61 Å². The van der Waals surface area contributed by atoms with E-state index >= 15 is 0 Å². The Hall–Kier alpha value is -4.48. The number of carbonyl (C=O) groups is 1. The molecule has 1 heterocycles. The first-order valence-electron chi connectivity index (χ1n) is 11.0. The molecular formula is C25H17Cl2N3O8. The summed E-state index contributed by atoms with van der Waals surface area (Å²) in [5, 5.41) is 22.3. The van der Waals surface area contributed by atoms with Crippen LogP contribution in [0.5, 0.6) is 11.5 Å². The van der Waals surface area contributed by atoms with E-state index < -0.39 is 15.8 Å². The van der Waals surface area contributed by atoms with Crippen LogP contribution in [0.3, 0.4) is 0 Å². The van der Waals surface area contributed by atoms with E-state index in [4.69, 9.17) is 37.4 Å². The smallest absolute Gasteiger partial charge is 0.363 e. The molecule has 0 amide bonds. The van der Waals surface area contributed by atoms with Gasteiger partial charge in [0.2, 0.25) is 5.90 Å². The van der Waals surface area contributed by atoms with Crippen molar-refractivity contribution in [3.63, 3.8) is 0 Å². The monoisotopic (exact) mass is 557 g/mol. The molecule has 0 unspecified atom stereocenters. The Kier molecular flexibility index (Phi) is 7.89. The number of hydrogen-bond acceptors (Lipinski definition) is 9. The number of halogens is 2. The Balaban J connectivity index is 1.61. The summed E-state index contributed by atoms with van der Waals surface area (Å²) in [5.41, 5.74) is 0.717. The molecule has 11 nitrogen and oxygen atoms in total. The lowest BCUT2D eigenvalue weighted by molar-refractivity contribution is -0.385. The minimum atomic E-state index is -0.766. The van der Waals surface area contributed by atoms with Crippen molar-refractivity contribution < 1.29 is 28.9 Å². The van der Waals surface area contributed by atoms with Crippen LogP contribution in [-0.2, 0) is 16.1 Å². The average Bonchev–Trinajstić information content (AvgIpc) is 3.23. The topological polar surface area (TPSA) is 143 Å². The molecule has 1 aliphatic rings. The molecule has 0 aromatic heterocycles. The zero-order chi connectivity index (χ0) is 27.4. The highest BCUT2D eigenvalue weighted by atomic mass is 35.5. The molecule has 0 spiro atoms. The van der Waals surface area contributed by atoms with E-state index in [9.17, 15) is 25.0 Å². The summed E-state index contributed by atoms with van der Waals surface area (Å²) in [6.45, 7) is 2.04. The Labute approximate surface area is 225 Å². The zero-order valence-electron chi connectivity index (χ0n) is 19.6. The van der Waals surface area contributed by atoms with Gasteiger partial charge >= 0.3 is 5.97 Å². The van der Waals surface area contributed by atoms with Crippen LogP contribution < -0.4 is 9.47 Å². The number of rotatable bonds is 9. The van der Waals surface area contributed by atoms with Gasteiger partial charge in [0.25, 0.3) is 11.4 Å². The zero-order valence-corrected chi connectivity index (χ0v) is 21.1. The number of carbonyl (C=O) groups excluding carboxylic acids is 1. The molecule has 0 fully saturated rings. The highest BCUT2D eigenvalue weighted by Crippen LogP contribution is 2.38. The fourth-order valence-corrected chi connectivity index (χ4v) is 3.93. The summed E-state index contributed by atoms with van der Waals surface area (Å²) in [7, 11) is 0. The van der Waals surface area contributed by atoms with Gasteiger partial charge in [0.05, 0.1) is 21.5 Å². The highest BCUT2D eigenvalue weighted by Gasteiger charge is 2.26. The molecule has 0 aliphatic carbocycles. The fourth-order valence-electron chi connectivity index (χ4n) is 3.47. The van der Waals surface area contributed by atoms with Crippen molar-refractivity contribution in [3.05, 3.63) is 107 Å². The Morgan fingerprint density at radius 3 is 2.50 bits per heavy atom. The standard InChI is InChI=1S/C25H17Cl2N3O8/c1-2-36-22-11-15(9-19(27)23(22)37-13-14-4-3-5-17(8-14)29(32)33)10-20-25(31)38-24(28-20)16-6-7-18(26)21(12-16)30(34)35/h3-12H,2,13H2,1H3/b20-10-. The molecule has 0 radical (unpaired) electrons. The predicted molar refractivity (Wildman–Crippen MR) is 139 cm³/mol. The summed E-state index contributed by atoms with van der Waals surface area (Å²) in [4.78, 5) is 37.6. The molecule has 0 N–H and O–H groups in total. The minimum Gasteiger partial charge on any atom is -0.490 e. The van der Waals surface area contributed by atoms with E-state index in [2.05, 4.69) is 4.99 Å². The minimum absolute atomic E-state index is 0.00484. The normalized spacial score (nSPS) is 13.7. The largest absolute Gasteiger partial charge is 0.490 e. The first-order chi connectivity index (χ1) is 18.2. The van der Waals surface area contributed by atoms with E-state index in [1.165, 1.54) is 36.4 Å². The van der Waals surface area contributed by atoms with E-state index in [0.29, 0.717) is 11.1 Å². The lowest BCUT2D eigenvalue weighted by atomic mass is 10.1. The molecular weight excluding hydrogens is 541 g/mol. The predicted octanol–water partition coefficient (Wildman–Crippen LogP) is 6.13. The summed E-state index contributed by atoms with van der Waals surface area (Å²) in [5.74, 6) is -0.387. The number of non-ortho nitro benzene ring substituents is 1. The van der Waals surface area contributed by atoms with Crippen molar-refractivity contribution in [1.29, 1.82) is 0 Å². The Morgan fingerprint density at radius 2 is 1.79 bits per heavy atom. The second-order valence-electron chi connectivity index (χ2n) is 7.74.